The summed E-state index contributed by atoms with van der Waals surface area (Å²) >= 11 is 0. The second-order valence-corrected chi connectivity index (χ2v) is 8.19. The highest BCUT2D eigenvalue weighted by Gasteiger charge is 2.19. The van der Waals surface area contributed by atoms with E-state index in [2.05, 4.69) is 26.0 Å². The van der Waals surface area contributed by atoms with E-state index in [0.29, 0.717) is 22.4 Å². The summed E-state index contributed by atoms with van der Waals surface area (Å²) in [6.45, 7) is -1.08. The van der Waals surface area contributed by atoms with Gasteiger partial charge < -0.3 is 21.1 Å². The highest BCUT2D eigenvalue weighted by molar-refractivity contribution is 6.06. The van der Waals surface area contributed by atoms with Crippen LogP contribution in [0, 0.1) is 0 Å². The van der Waals surface area contributed by atoms with Gasteiger partial charge in [0.1, 0.15) is 17.9 Å². The number of aromatic nitrogens is 3. The molecule has 2 heterocycles. The van der Waals surface area contributed by atoms with E-state index in [9.17, 15) is 19.2 Å². The minimum atomic E-state index is -1.22. The Morgan fingerprint density at radius 1 is 0.872 bits per heavy atom. The van der Waals surface area contributed by atoms with E-state index in [1.54, 1.807) is 59.7 Å². The molecule has 0 bridgehead atoms. The smallest absolute Gasteiger partial charge is 0.322 e. The van der Waals surface area contributed by atoms with Crippen molar-refractivity contribution in [1.29, 1.82) is 0 Å². The fourth-order valence-electron chi connectivity index (χ4n) is 3.52. The van der Waals surface area contributed by atoms with E-state index < -0.39 is 36.8 Å². The maximum absolute atomic E-state index is 13.2. The lowest BCUT2D eigenvalue weighted by molar-refractivity contribution is -0.137. The molecule has 11 nitrogen and oxygen atoms in total. The molecule has 2 aromatic carbocycles. The van der Waals surface area contributed by atoms with Gasteiger partial charge in [-0.05, 0) is 42.5 Å². The molecule has 0 aliphatic heterocycles. The van der Waals surface area contributed by atoms with E-state index >= 15 is 0 Å². The Morgan fingerprint density at radius 2 is 1.59 bits per heavy atom. The van der Waals surface area contributed by atoms with Crippen molar-refractivity contribution in [1.82, 2.24) is 30.7 Å². The number of aliphatic carboxylic acids is 1. The molecule has 4 aromatic rings. The Balaban J connectivity index is 1.70. The molecular formula is C28H24N6O5. The zero-order valence-corrected chi connectivity index (χ0v) is 20.6. The van der Waals surface area contributed by atoms with Crippen LogP contribution in [-0.4, -0.2) is 56.7 Å². The lowest BCUT2D eigenvalue weighted by Crippen LogP contribution is -2.41. The molecular weight excluding hydrogens is 500 g/mol. The lowest BCUT2D eigenvalue weighted by Gasteiger charge is -2.11. The fraction of sp³-hybridized carbons (Fsp3) is 0.0714. The number of pyridine rings is 1. The number of carbonyl (C=O) groups is 4. The third kappa shape index (κ3) is 7.23. The number of amides is 3. The zero-order chi connectivity index (χ0) is 27.6. The van der Waals surface area contributed by atoms with Crippen LogP contribution in [0.5, 0.6) is 0 Å². The number of carbonyl (C=O) groups excluding carboxylic acids is 3. The van der Waals surface area contributed by atoms with E-state index in [1.807, 2.05) is 36.4 Å². The molecule has 0 atom stereocenters. The summed E-state index contributed by atoms with van der Waals surface area (Å²) in [6.07, 6.45) is 6.42. The Hall–Kier alpha value is -5.58. The maximum Gasteiger partial charge on any atom is 0.322 e. The molecule has 4 rings (SSSR count). The zero-order valence-electron chi connectivity index (χ0n) is 20.6. The van der Waals surface area contributed by atoms with Gasteiger partial charge in [-0.2, -0.15) is 5.10 Å². The summed E-state index contributed by atoms with van der Waals surface area (Å²) in [6, 6.07) is 21.3. The average molecular weight is 525 g/mol. The van der Waals surface area contributed by atoms with Crippen molar-refractivity contribution in [2.24, 2.45) is 0 Å². The van der Waals surface area contributed by atoms with Crippen LogP contribution in [0.3, 0.4) is 0 Å². The summed E-state index contributed by atoms with van der Waals surface area (Å²) in [7, 11) is 0. The molecule has 0 spiro atoms. The van der Waals surface area contributed by atoms with Crippen LogP contribution in [0.2, 0.25) is 0 Å². The van der Waals surface area contributed by atoms with E-state index in [-0.39, 0.29) is 5.70 Å². The first-order valence-corrected chi connectivity index (χ1v) is 11.8. The molecule has 0 aliphatic rings. The summed E-state index contributed by atoms with van der Waals surface area (Å²) in [5.74, 6) is -3.21. The average Bonchev–Trinajstić information content (AvgIpc) is 3.39. The van der Waals surface area contributed by atoms with Crippen LogP contribution in [-0.2, 0) is 14.4 Å². The van der Waals surface area contributed by atoms with Gasteiger partial charge in [0.05, 0.1) is 12.2 Å². The van der Waals surface area contributed by atoms with Crippen molar-refractivity contribution in [3.8, 4) is 16.9 Å². The molecule has 0 aliphatic carbocycles. The second-order valence-electron chi connectivity index (χ2n) is 8.19. The molecule has 39 heavy (non-hydrogen) atoms. The molecule has 4 N–H and O–H groups in total. The summed E-state index contributed by atoms with van der Waals surface area (Å²) in [4.78, 5) is 52.9. The minimum Gasteiger partial charge on any atom is -0.480 e. The van der Waals surface area contributed by atoms with E-state index in [4.69, 9.17) is 5.11 Å². The maximum atomic E-state index is 13.2. The minimum absolute atomic E-state index is 0.146. The van der Waals surface area contributed by atoms with Gasteiger partial charge in [-0.25, -0.2) is 4.68 Å². The monoisotopic (exact) mass is 524 g/mol. The predicted octanol–water partition coefficient (Wildman–Crippen LogP) is 2.02. The van der Waals surface area contributed by atoms with Gasteiger partial charge in [0.15, 0.2) is 0 Å². The van der Waals surface area contributed by atoms with Gasteiger partial charge in [-0.1, -0.05) is 36.4 Å². The van der Waals surface area contributed by atoms with Crippen LogP contribution < -0.4 is 16.0 Å². The normalized spacial score (nSPS) is 10.9. The third-order valence-corrected chi connectivity index (χ3v) is 5.37. The highest BCUT2D eigenvalue weighted by Crippen LogP contribution is 2.25. The molecule has 0 unspecified atom stereocenters. The first-order chi connectivity index (χ1) is 18.9. The van der Waals surface area contributed by atoms with Crippen molar-refractivity contribution < 1.29 is 24.3 Å². The number of hydrogen-bond acceptors (Lipinski definition) is 6. The van der Waals surface area contributed by atoms with Gasteiger partial charge >= 0.3 is 5.97 Å². The molecule has 0 saturated carbocycles. The molecule has 0 radical (unpaired) electrons. The summed E-state index contributed by atoms with van der Waals surface area (Å²) in [5.41, 5.74) is 2.64. The number of nitrogens with one attached hydrogen (secondary N) is 3. The Morgan fingerprint density at radius 3 is 2.26 bits per heavy atom. The van der Waals surface area contributed by atoms with Crippen LogP contribution in [0.15, 0.2) is 97.1 Å². The topological polar surface area (TPSA) is 155 Å². The van der Waals surface area contributed by atoms with Gasteiger partial charge in [0, 0.05) is 35.3 Å². The number of rotatable bonds is 10. The SMILES string of the molecule is O=C(O)CNC(=O)CNC(=O)C(=Cc1cn(-c2ccccc2)nc1-c1cccnc1)NC(=O)c1ccccc1. The van der Waals surface area contributed by atoms with Gasteiger partial charge in [-0.15, -0.1) is 0 Å². The van der Waals surface area contributed by atoms with Crippen LogP contribution in [0.1, 0.15) is 15.9 Å². The van der Waals surface area contributed by atoms with E-state index in [1.165, 1.54) is 6.08 Å². The van der Waals surface area contributed by atoms with Gasteiger partial charge in [0.2, 0.25) is 5.91 Å². The van der Waals surface area contributed by atoms with Crippen LogP contribution in [0.4, 0.5) is 0 Å². The van der Waals surface area contributed by atoms with Crippen molar-refractivity contribution >= 4 is 29.8 Å². The standard InChI is InChI=1S/C28H24N6O5/c35-24(30-17-25(36)37)16-31-28(39)23(32-27(38)19-8-3-1-4-9-19)14-21-18-34(22-11-5-2-6-12-22)33-26(21)20-10-7-13-29-15-20/h1-15,18H,16-17H2,(H,30,35)(H,31,39)(H,32,38)(H,36,37). The summed E-state index contributed by atoms with van der Waals surface area (Å²) in [5, 5.41) is 20.6. The lowest BCUT2D eigenvalue weighted by atomic mass is 10.1. The number of para-hydroxylation sites is 1. The predicted molar refractivity (Wildman–Crippen MR) is 142 cm³/mol. The number of carboxylic acids is 1. The largest absolute Gasteiger partial charge is 0.480 e. The van der Waals surface area contributed by atoms with Crippen molar-refractivity contribution in [3.63, 3.8) is 0 Å². The van der Waals surface area contributed by atoms with E-state index in [0.717, 1.165) is 5.69 Å². The van der Waals surface area contributed by atoms with Crippen molar-refractivity contribution in [2.45, 2.75) is 0 Å². The quantitative estimate of drug-likeness (QED) is 0.231. The van der Waals surface area contributed by atoms with Crippen LogP contribution in [0.25, 0.3) is 23.0 Å². The number of benzene rings is 2. The molecule has 3 amide bonds. The molecule has 0 saturated heterocycles. The molecule has 0 fully saturated rings. The fourth-order valence-corrected chi connectivity index (χ4v) is 3.52. The number of carboxylic acid groups (broad SMARTS) is 1. The van der Waals surface area contributed by atoms with Crippen molar-refractivity contribution in [2.75, 3.05) is 13.1 Å². The van der Waals surface area contributed by atoms with Crippen molar-refractivity contribution in [3.05, 3.63) is 108 Å². The first kappa shape index (κ1) is 26.5. The second kappa shape index (κ2) is 12.6. The summed E-state index contributed by atoms with van der Waals surface area (Å²) < 4.78 is 1.64. The molecule has 2 aromatic heterocycles. The Labute approximate surface area is 223 Å². The van der Waals surface area contributed by atoms with Crippen LogP contribution >= 0.6 is 0 Å². The number of nitrogens with zero attached hydrogens (tertiary/aromatic N) is 3. The number of hydrogen-bond donors (Lipinski definition) is 4. The first-order valence-electron chi connectivity index (χ1n) is 11.8. The Kier molecular flexibility index (Phi) is 8.55. The molecule has 196 valence electrons. The Bertz CT molecular complexity index is 1500. The molecule has 11 heteroatoms. The van der Waals surface area contributed by atoms with Gasteiger partial charge in [-0.3, -0.25) is 24.2 Å². The highest BCUT2D eigenvalue weighted by atomic mass is 16.4. The van der Waals surface area contributed by atoms with Gasteiger partial charge in [0.25, 0.3) is 11.8 Å². The third-order valence-electron chi connectivity index (χ3n) is 5.37.